The van der Waals surface area contributed by atoms with Gasteiger partial charge >= 0.3 is 0 Å². The summed E-state index contributed by atoms with van der Waals surface area (Å²) in [7, 11) is 1.24. The standard InChI is InChI=1S/C12H27NSi/c1-13-9-12(10-14(2,3)4)11-7-5-6-8-11/h11-13H,5-10H2,1-4H3. The van der Waals surface area contributed by atoms with Gasteiger partial charge in [0, 0.05) is 8.07 Å². The fraction of sp³-hybridized carbons (Fsp3) is 1.00. The zero-order chi connectivity index (χ0) is 10.6. The minimum atomic E-state index is -0.865. The second-order valence-electron chi connectivity index (χ2n) is 6.13. The van der Waals surface area contributed by atoms with Crippen LogP contribution in [-0.2, 0) is 0 Å². The van der Waals surface area contributed by atoms with Crippen molar-refractivity contribution in [2.24, 2.45) is 11.8 Å². The molecule has 0 aliphatic heterocycles. The third kappa shape index (κ3) is 4.14. The molecule has 1 saturated carbocycles. The van der Waals surface area contributed by atoms with Crippen molar-refractivity contribution >= 4 is 8.07 Å². The van der Waals surface area contributed by atoms with Crippen molar-refractivity contribution < 1.29 is 0 Å². The van der Waals surface area contributed by atoms with Crippen molar-refractivity contribution in [2.45, 2.75) is 51.4 Å². The molecule has 14 heavy (non-hydrogen) atoms. The van der Waals surface area contributed by atoms with Gasteiger partial charge in [0.15, 0.2) is 0 Å². The normalized spacial score (nSPS) is 21.4. The van der Waals surface area contributed by atoms with Crippen molar-refractivity contribution in [2.75, 3.05) is 13.6 Å². The molecule has 0 heterocycles. The van der Waals surface area contributed by atoms with E-state index in [1.165, 1.54) is 38.3 Å². The van der Waals surface area contributed by atoms with Gasteiger partial charge < -0.3 is 5.32 Å². The van der Waals surface area contributed by atoms with E-state index in [-0.39, 0.29) is 0 Å². The number of hydrogen-bond acceptors (Lipinski definition) is 1. The van der Waals surface area contributed by atoms with Crippen LogP contribution in [0.25, 0.3) is 0 Å². The average molecular weight is 213 g/mol. The Labute approximate surface area is 90.7 Å². The van der Waals surface area contributed by atoms with Gasteiger partial charge in [-0.15, -0.1) is 0 Å². The minimum Gasteiger partial charge on any atom is -0.319 e. The zero-order valence-electron chi connectivity index (χ0n) is 10.4. The Bertz CT molecular complexity index is 156. The van der Waals surface area contributed by atoms with E-state index >= 15 is 0 Å². The highest BCUT2D eigenvalue weighted by Crippen LogP contribution is 2.35. The van der Waals surface area contributed by atoms with Crippen LogP contribution >= 0.6 is 0 Å². The van der Waals surface area contributed by atoms with Crippen LogP contribution < -0.4 is 5.32 Å². The molecular formula is C12H27NSi. The third-order valence-electron chi connectivity index (χ3n) is 3.41. The molecule has 0 saturated heterocycles. The summed E-state index contributed by atoms with van der Waals surface area (Å²) in [5.41, 5.74) is 0. The summed E-state index contributed by atoms with van der Waals surface area (Å²) in [4.78, 5) is 0. The lowest BCUT2D eigenvalue weighted by atomic mass is 9.92. The molecule has 2 heteroatoms. The summed E-state index contributed by atoms with van der Waals surface area (Å²) in [6.45, 7) is 8.76. The van der Waals surface area contributed by atoms with Gasteiger partial charge in [-0.2, -0.15) is 0 Å². The molecule has 84 valence electrons. The lowest BCUT2D eigenvalue weighted by molar-refractivity contribution is 0.354. The summed E-state index contributed by atoms with van der Waals surface area (Å²) < 4.78 is 0. The molecule has 1 unspecified atom stereocenters. The maximum atomic E-state index is 3.39. The van der Waals surface area contributed by atoms with Crippen LogP contribution in [0.1, 0.15) is 25.7 Å². The van der Waals surface area contributed by atoms with E-state index in [1.54, 1.807) is 0 Å². The van der Waals surface area contributed by atoms with E-state index in [1.807, 2.05) is 0 Å². The molecule has 1 aliphatic carbocycles. The molecule has 0 bridgehead atoms. The average Bonchev–Trinajstić information content (AvgIpc) is 2.52. The van der Waals surface area contributed by atoms with Gasteiger partial charge in [-0.3, -0.25) is 0 Å². The predicted molar refractivity (Wildman–Crippen MR) is 67.5 cm³/mol. The largest absolute Gasteiger partial charge is 0.319 e. The molecule has 0 spiro atoms. The third-order valence-corrected chi connectivity index (χ3v) is 5.16. The summed E-state index contributed by atoms with van der Waals surface area (Å²) in [5.74, 6) is 2.00. The van der Waals surface area contributed by atoms with E-state index in [9.17, 15) is 0 Å². The maximum absolute atomic E-state index is 3.39. The molecule has 1 nitrogen and oxygen atoms in total. The quantitative estimate of drug-likeness (QED) is 0.691. The highest BCUT2D eigenvalue weighted by Gasteiger charge is 2.28. The first-order chi connectivity index (χ1) is 6.53. The summed E-state index contributed by atoms with van der Waals surface area (Å²) in [5, 5.41) is 3.39. The Balaban J connectivity index is 2.45. The maximum Gasteiger partial charge on any atom is 0.0446 e. The molecular weight excluding hydrogens is 186 g/mol. The lowest BCUT2D eigenvalue weighted by Crippen LogP contribution is -2.32. The zero-order valence-corrected chi connectivity index (χ0v) is 11.4. The minimum absolute atomic E-state index is 0.865. The van der Waals surface area contributed by atoms with Gasteiger partial charge in [-0.25, -0.2) is 0 Å². The highest BCUT2D eigenvalue weighted by molar-refractivity contribution is 6.76. The van der Waals surface area contributed by atoms with E-state index in [4.69, 9.17) is 0 Å². The van der Waals surface area contributed by atoms with Crippen LogP contribution in [0, 0.1) is 11.8 Å². The van der Waals surface area contributed by atoms with Crippen molar-refractivity contribution in [1.82, 2.24) is 5.32 Å². The second kappa shape index (κ2) is 5.31. The highest BCUT2D eigenvalue weighted by atomic mass is 28.3. The first kappa shape index (κ1) is 12.2. The van der Waals surface area contributed by atoms with E-state index in [0.717, 1.165) is 11.8 Å². The van der Waals surface area contributed by atoms with Crippen LogP contribution in [0.3, 0.4) is 0 Å². The van der Waals surface area contributed by atoms with Crippen LogP contribution in [0.15, 0.2) is 0 Å². The number of hydrogen-bond donors (Lipinski definition) is 1. The monoisotopic (exact) mass is 213 g/mol. The summed E-state index contributed by atoms with van der Waals surface area (Å²) in [6, 6.07) is 1.51. The van der Waals surface area contributed by atoms with Gasteiger partial charge in [-0.1, -0.05) is 51.4 Å². The fourth-order valence-corrected chi connectivity index (χ4v) is 4.93. The number of rotatable bonds is 5. The Morgan fingerprint density at radius 3 is 2.21 bits per heavy atom. The number of nitrogens with one attached hydrogen (secondary N) is 1. The van der Waals surface area contributed by atoms with E-state index < -0.39 is 8.07 Å². The van der Waals surface area contributed by atoms with Crippen molar-refractivity contribution in [3.8, 4) is 0 Å². The Morgan fingerprint density at radius 2 is 1.79 bits per heavy atom. The van der Waals surface area contributed by atoms with Crippen LogP contribution in [0.4, 0.5) is 0 Å². The van der Waals surface area contributed by atoms with Gasteiger partial charge in [0.2, 0.25) is 0 Å². The van der Waals surface area contributed by atoms with Crippen LogP contribution in [-0.4, -0.2) is 21.7 Å². The summed E-state index contributed by atoms with van der Waals surface area (Å²) in [6.07, 6.45) is 5.96. The molecule has 0 aromatic rings. The fourth-order valence-electron chi connectivity index (χ4n) is 2.88. The molecule has 0 amide bonds. The van der Waals surface area contributed by atoms with Crippen LogP contribution in [0.2, 0.25) is 25.7 Å². The second-order valence-corrected chi connectivity index (χ2v) is 11.7. The molecule has 1 fully saturated rings. The SMILES string of the molecule is CNCC(C[Si](C)(C)C)C1CCCC1. The summed E-state index contributed by atoms with van der Waals surface area (Å²) >= 11 is 0. The Morgan fingerprint density at radius 1 is 1.21 bits per heavy atom. The predicted octanol–water partition coefficient (Wildman–Crippen LogP) is 3.35. The topological polar surface area (TPSA) is 12.0 Å². The van der Waals surface area contributed by atoms with Gasteiger partial charge in [-0.05, 0) is 25.4 Å². The lowest BCUT2D eigenvalue weighted by Gasteiger charge is -2.29. The first-order valence-corrected chi connectivity index (χ1v) is 9.88. The van der Waals surface area contributed by atoms with E-state index in [0.29, 0.717) is 0 Å². The Kier molecular flexibility index (Phi) is 4.65. The first-order valence-electron chi connectivity index (χ1n) is 6.17. The van der Waals surface area contributed by atoms with E-state index in [2.05, 4.69) is 32.0 Å². The molecule has 0 radical (unpaired) electrons. The molecule has 1 rings (SSSR count). The molecule has 1 atom stereocenters. The van der Waals surface area contributed by atoms with Gasteiger partial charge in [0.25, 0.3) is 0 Å². The van der Waals surface area contributed by atoms with Gasteiger partial charge in [0.1, 0.15) is 0 Å². The molecule has 1 N–H and O–H groups in total. The van der Waals surface area contributed by atoms with Gasteiger partial charge in [0.05, 0.1) is 0 Å². The smallest absolute Gasteiger partial charge is 0.0446 e. The molecule has 1 aliphatic rings. The molecule has 0 aromatic heterocycles. The van der Waals surface area contributed by atoms with Crippen molar-refractivity contribution in [3.63, 3.8) is 0 Å². The van der Waals surface area contributed by atoms with Crippen molar-refractivity contribution in [3.05, 3.63) is 0 Å². The Hall–Kier alpha value is 0.177. The molecule has 0 aromatic carbocycles. The van der Waals surface area contributed by atoms with Crippen molar-refractivity contribution in [1.29, 1.82) is 0 Å². The van der Waals surface area contributed by atoms with Crippen LogP contribution in [0.5, 0.6) is 0 Å².